The second kappa shape index (κ2) is 21.0. The minimum Gasteiger partial charge on any atom is -0.429 e. The highest BCUT2D eigenvalue weighted by Gasteiger charge is 2.30. The number of carbonyl (C=O) groups is 7. The van der Waals surface area contributed by atoms with Crippen molar-refractivity contribution in [2.45, 2.75) is 64.1 Å². The molecule has 0 aliphatic carbocycles. The summed E-state index contributed by atoms with van der Waals surface area (Å²) in [4.78, 5) is 97.5. The van der Waals surface area contributed by atoms with E-state index in [2.05, 4.69) is 21.3 Å². The number of nitrogens with zero attached hydrogens (tertiary/aromatic N) is 2. The zero-order chi connectivity index (χ0) is 39.6. The van der Waals surface area contributed by atoms with Gasteiger partial charge in [0.05, 0.1) is 4.92 Å². The second-order valence-electron chi connectivity index (χ2n) is 12.1. The lowest BCUT2D eigenvalue weighted by Gasteiger charge is -2.25. The number of benzene rings is 2. The van der Waals surface area contributed by atoms with Gasteiger partial charge >= 0.3 is 12.2 Å². The fraction of sp³-hybridized carbons (Fsp3) is 0.371. The van der Waals surface area contributed by atoms with Crippen LogP contribution in [0.2, 0.25) is 0 Å². The molecule has 3 rings (SSSR count). The van der Waals surface area contributed by atoms with Crippen LogP contribution in [0.1, 0.15) is 51.0 Å². The van der Waals surface area contributed by atoms with Gasteiger partial charge in [0.1, 0.15) is 24.4 Å². The number of nitrogens with two attached hydrogens (primary N) is 1. The molecule has 7 N–H and O–H groups in total. The number of non-ortho nitro benzene ring substituents is 1. The van der Waals surface area contributed by atoms with E-state index in [0.717, 1.165) is 11.1 Å². The fourth-order valence-electron chi connectivity index (χ4n) is 5.03. The Kier molecular flexibility index (Phi) is 16.2. The van der Waals surface area contributed by atoms with E-state index in [4.69, 9.17) is 20.6 Å². The highest BCUT2D eigenvalue weighted by atomic mass is 16.7. The van der Waals surface area contributed by atoms with Crippen molar-refractivity contribution in [3.8, 4) is 5.75 Å². The number of imide groups is 1. The molecule has 2 aromatic rings. The Morgan fingerprint density at radius 1 is 0.926 bits per heavy atom. The van der Waals surface area contributed by atoms with Gasteiger partial charge in [-0.25, -0.2) is 9.59 Å². The highest BCUT2D eigenvalue weighted by molar-refractivity contribution is 6.12. The maximum atomic E-state index is 13.4. The van der Waals surface area contributed by atoms with Gasteiger partial charge in [-0.2, -0.15) is 0 Å². The van der Waals surface area contributed by atoms with E-state index in [9.17, 15) is 43.7 Å². The van der Waals surface area contributed by atoms with E-state index in [0.29, 0.717) is 30.5 Å². The summed E-state index contributed by atoms with van der Waals surface area (Å²) in [5.41, 5.74) is 5.82. The van der Waals surface area contributed by atoms with Crippen molar-refractivity contribution in [1.82, 2.24) is 20.9 Å². The van der Waals surface area contributed by atoms with E-state index in [1.165, 1.54) is 48.6 Å². The quantitative estimate of drug-likeness (QED) is 0.0205. The summed E-state index contributed by atoms with van der Waals surface area (Å²) in [5.74, 6) is -3.25. The minimum absolute atomic E-state index is 0.0410. The van der Waals surface area contributed by atoms with Crippen LogP contribution in [-0.4, -0.2) is 82.9 Å². The summed E-state index contributed by atoms with van der Waals surface area (Å²) in [6, 6.07) is 7.97. The van der Waals surface area contributed by atoms with Gasteiger partial charge in [0.25, 0.3) is 17.5 Å². The predicted molar refractivity (Wildman–Crippen MR) is 192 cm³/mol. The Morgan fingerprint density at radius 3 is 2.20 bits per heavy atom. The van der Waals surface area contributed by atoms with E-state index < -0.39 is 52.8 Å². The maximum Gasteiger partial charge on any atom is 0.514 e. The zero-order valence-corrected chi connectivity index (χ0v) is 29.4. The number of unbranched alkanes of at least 4 members (excludes halogenated alkanes) is 2. The first-order valence-corrected chi connectivity index (χ1v) is 16.9. The van der Waals surface area contributed by atoms with E-state index in [1.807, 2.05) is 0 Å². The van der Waals surface area contributed by atoms with Crippen molar-refractivity contribution in [2.24, 2.45) is 11.7 Å². The van der Waals surface area contributed by atoms with Gasteiger partial charge in [0, 0.05) is 61.6 Å². The van der Waals surface area contributed by atoms with E-state index >= 15 is 0 Å². The number of anilines is 1. The Labute approximate surface area is 309 Å². The molecule has 0 saturated carbocycles. The molecule has 19 nitrogen and oxygen atoms in total. The summed E-state index contributed by atoms with van der Waals surface area (Å²) >= 11 is 0. The van der Waals surface area contributed by atoms with Crippen LogP contribution in [0.5, 0.6) is 5.75 Å². The molecule has 19 heteroatoms. The van der Waals surface area contributed by atoms with Crippen molar-refractivity contribution in [1.29, 1.82) is 5.41 Å². The largest absolute Gasteiger partial charge is 0.514 e. The maximum absolute atomic E-state index is 13.4. The van der Waals surface area contributed by atoms with Crippen LogP contribution in [0.15, 0.2) is 60.7 Å². The number of ether oxygens (including phenoxy) is 2. The molecule has 1 unspecified atom stereocenters. The van der Waals surface area contributed by atoms with Crippen molar-refractivity contribution in [3.63, 3.8) is 0 Å². The van der Waals surface area contributed by atoms with Gasteiger partial charge in [0.2, 0.25) is 17.7 Å². The highest BCUT2D eigenvalue weighted by Crippen LogP contribution is 2.18. The number of urea groups is 1. The topological polar surface area (TPSA) is 282 Å². The zero-order valence-electron chi connectivity index (χ0n) is 29.4. The first-order valence-electron chi connectivity index (χ1n) is 16.9. The third-order valence-corrected chi connectivity index (χ3v) is 8.00. The molecule has 54 heavy (non-hydrogen) atoms. The lowest BCUT2D eigenvalue weighted by molar-refractivity contribution is -0.384. The summed E-state index contributed by atoms with van der Waals surface area (Å²) in [6.07, 6.45) is 4.15. The average Bonchev–Trinajstić information content (AvgIpc) is 3.46. The molecular formula is C35H42N8O11. The third-order valence-electron chi connectivity index (χ3n) is 8.00. The van der Waals surface area contributed by atoms with Crippen molar-refractivity contribution >= 4 is 59.3 Å². The molecule has 0 fully saturated rings. The number of carbonyl (C=O) groups excluding carboxylic acids is 7. The summed E-state index contributed by atoms with van der Waals surface area (Å²) in [7, 11) is 0. The fourth-order valence-corrected chi connectivity index (χ4v) is 5.03. The number of primary amides is 1. The van der Waals surface area contributed by atoms with Gasteiger partial charge in [0.15, 0.2) is 0 Å². The Balaban J connectivity index is 1.55. The number of nitrogens with one attached hydrogen (secondary N) is 5. The monoisotopic (exact) mass is 750 g/mol. The number of nitro benzene ring substituents is 1. The van der Waals surface area contributed by atoms with Crippen LogP contribution >= 0.6 is 0 Å². The predicted octanol–water partition coefficient (Wildman–Crippen LogP) is 2.44. The SMILES string of the molecule is CC(C=N)[C@H](NC(=O)CCCCCN1C(=O)C=CC1=O)C(=O)N[C@@H](CCCNC(N)=O)C(=O)Nc1ccc(COC(=O)Oc2ccc([N+](=O)[O-])cc2)cc1. The first kappa shape index (κ1) is 41.8. The Hall–Kier alpha value is -6.66. The Morgan fingerprint density at radius 2 is 1.59 bits per heavy atom. The van der Waals surface area contributed by atoms with Crippen molar-refractivity contribution in [3.05, 3.63) is 76.4 Å². The van der Waals surface area contributed by atoms with Gasteiger partial charge in [-0.1, -0.05) is 25.5 Å². The summed E-state index contributed by atoms with van der Waals surface area (Å²) < 4.78 is 10.1. The Bertz CT molecular complexity index is 1710. The normalized spacial score (nSPS) is 13.6. The van der Waals surface area contributed by atoms with E-state index in [-0.39, 0.29) is 62.2 Å². The number of hydrogen-bond acceptors (Lipinski definition) is 12. The van der Waals surface area contributed by atoms with Crippen LogP contribution in [0.25, 0.3) is 0 Å². The lowest BCUT2D eigenvalue weighted by Crippen LogP contribution is -2.55. The lowest BCUT2D eigenvalue weighted by atomic mass is 10.0. The number of amides is 7. The summed E-state index contributed by atoms with van der Waals surface area (Å²) in [5, 5.41) is 28.9. The third kappa shape index (κ3) is 13.8. The van der Waals surface area contributed by atoms with Crippen LogP contribution in [-0.2, 0) is 35.3 Å². The summed E-state index contributed by atoms with van der Waals surface area (Å²) in [6.45, 7) is 1.71. The molecule has 0 radical (unpaired) electrons. The van der Waals surface area contributed by atoms with Gasteiger partial charge in [-0.05, 0) is 55.5 Å². The van der Waals surface area contributed by atoms with Crippen LogP contribution in [0, 0.1) is 21.4 Å². The number of hydrogen-bond donors (Lipinski definition) is 6. The standard InChI is InChI=1S/C35H42N8O11/c1-22(20-36)31(41-28(44)7-3-2-4-19-42-29(45)16-17-30(42)46)33(48)40-27(6-5-18-38-34(37)49)32(47)39-24-10-8-23(9-11-24)21-53-35(50)54-26-14-12-25(13-15-26)43(51)52/h8-17,20,22,27,31,36H,2-7,18-19,21H2,1H3,(H,39,47)(H,40,48)(H,41,44)(H3,37,38,49)/t22?,27-,31-/m0/s1. The molecule has 0 spiro atoms. The van der Waals surface area contributed by atoms with E-state index in [1.54, 1.807) is 19.1 Å². The van der Waals surface area contributed by atoms with Crippen LogP contribution in [0.3, 0.4) is 0 Å². The molecule has 0 aromatic heterocycles. The molecule has 1 heterocycles. The minimum atomic E-state index is -1.19. The average molecular weight is 751 g/mol. The molecule has 288 valence electrons. The molecule has 3 atom stereocenters. The second-order valence-corrected chi connectivity index (χ2v) is 12.1. The molecule has 7 amide bonds. The first-order chi connectivity index (χ1) is 25.8. The van der Waals surface area contributed by atoms with Crippen LogP contribution < -0.4 is 31.7 Å². The number of rotatable bonds is 21. The van der Waals surface area contributed by atoms with Crippen molar-refractivity contribution in [2.75, 3.05) is 18.4 Å². The molecule has 0 bridgehead atoms. The van der Waals surface area contributed by atoms with Crippen molar-refractivity contribution < 1.29 is 48.0 Å². The molecular weight excluding hydrogens is 708 g/mol. The van der Waals surface area contributed by atoms with Gasteiger partial charge in [-0.3, -0.25) is 39.0 Å². The van der Waals surface area contributed by atoms with Crippen LogP contribution in [0.4, 0.5) is 21.0 Å². The smallest absolute Gasteiger partial charge is 0.429 e. The van der Waals surface area contributed by atoms with Gasteiger partial charge in [-0.15, -0.1) is 0 Å². The molecule has 0 saturated heterocycles. The molecule has 1 aliphatic rings. The van der Waals surface area contributed by atoms with Gasteiger partial charge < -0.3 is 41.9 Å². The number of nitro groups is 1. The molecule has 2 aromatic carbocycles. The molecule has 1 aliphatic heterocycles.